The van der Waals surface area contributed by atoms with E-state index in [0.717, 1.165) is 12.8 Å². The van der Waals surface area contributed by atoms with Gasteiger partial charge in [-0.3, -0.25) is 4.21 Å². The Morgan fingerprint density at radius 3 is 1.53 bits per heavy atom. The third-order valence-electron chi connectivity index (χ3n) is 4.89. The molecule has 0 rings (SSSR count). The molecule has 0 aromatic carbocycles. The second-order valence-electron chi connectivity index (χ2n) is 10.3. The van der Waals surface area contributed by atoms with E-state index in [-0.39, 0.29) is 10.3 Å². The van der Waals surface area contributed by atoms with Gasteiger partial charge in [0.05, 0.1) is 0 Å². The summed E-state index contributed by atoms with van der Waals surface area (Å²) < 4.78 is 33.1. The van der Waals surface area contributed by atoms with Gasteiger partial charge < -0.3 is 12.3 Å². The van der Waals surface area contributed by atoms with Crippen LogP contribution < -0.4 is 0 Å². The molecule has 0 heterocycles. The molecule has 0 bridgehead atoms. The Bertz CT molecular complexity index is 444. The van der Waals surface area contributed by atoms with Gasteiger partial charge in [-0.2, -0.15) is 0 Å². The number of hydrogen-bond acceptors (Lipinski definition) is 4. The van der Waals surface area contributed by atoms with Crippen molar-refractivity contribution in [3.63, 3.8) is 0 Å². The minimum Gasteiger partial charge on any atom is -0.420 e. The maximum Gasteiger partial charge on any atom is 0.473 e. The summed E-state index contributed by atoms with van der Waals surface area (Å²) in [6.45, 7) is 21.8. The highest BCUT2D eigenvalue weighted by Gasteiger charge is 2.51. The van der Waals surface area contributed by atoms with Gasteiger partial charge in [-0.25, -0.2) is 0 Å². The van der Waals surface area contributed by atoms with Crippen molar-refractivity contribution in [3.8, 4) is 0 Å². The van der Waals surface area contributed by atoms with E-state index in [1.165, 1.54) is 38.5 Å². The molecule has 2 atom stereocenters. The van der Waals surface area contributed by atoms with Crippen molar-refractivity contribution < 1.29 is 16.6 Å². The maximum atomic E-state index is 13.2. The molecule has 9 heteroatoms. The lowest BCUT2D eigenvalue weighted by Crippen LogP contribution is -2.58. The molecule has 0 fully saturated rings. The van der Waals surface area contributed by atoms with E-state index in [2.05, 4.69) is 67.0 Å². The van der Waals surface area contributed by atoms with Gasteiger partial charge in [0, 0.05) is 26.8 Å². The molecule has 0 amide bonds. The molecule has 0 aromatic rings. The maximum absolute atomic E-state index is 13.2. The topological polar surface area (TPSA) is 44.8 Å². The third kappa shape index (κ3) is 13.4. The summed E-state index contributed by atoms with van der Waals surface area (Å²) in [6.07, 6.45) is 10.0. The molecule has 4 nitrogen and oxygen atoms in total. The molecule has 182 valence electrons. The van der Waals surface area contributed by atoms with Crippen molar-refractivity contribution in [1.82, 2.24) is 0 Å². The van der Waals surface area contributed by atoms with E-state index in [1.54, 1.807) is 0 Å². The number of hydrogen-bond donors (Lipinski definition) is 0. The predicted molar refractivity (Wildman–Crippen MR) is 145 cm³/mol. The van der Waals surface area contributed by atoms with Crippen LogP contribution in [0.1, 0.15) is 79.1 Å². The summed E-state index contributed by atoms with van der Waals surface area (Å²) in [5.74, 6) is 0.648. The lowest BCUT2D eigenvalue weighted by Gasteiger charge is -2.41. The van der Waals surface area contributed by atoms with Gasteiger partial charge in [0.1, 0.15) is 0 Å². The van der Waals surface area contributed by atoms with Crippen molar-refractivity contribution in [3.05, 3.63) is 0 Å². The van der Waals surface area contributed by atoms with Crippen LogP contribution in [0.5, 0.6) is 0 Å². The van der Waals surface area contributed by atoms with Crippen LogP contribution in [0.25, 0.3) is 0 Å². The van der Waals surface area contributed by atoms with Crippen molar-refractivity contribution in [1.29, 1.82) is 0 Å². The molecule has 30 heavy (non-hydrogen) atoms. The summed E-state index contributed by atoms with van der Waals surface area (Å²) in [5, 5.41) is 0. The summed E-state index contributed by atoms with van der Waals surface area (Å²) in [6, 6.07) is 0. The van der Waals surface area contributed by atoms with Crippen LogP contribution >= 0.6 is 0 Å². The van der Waals surface area contributed by atoms with Gasteiger partial charge >= 0.3 is 8.80 Å². The zero-order valence-corrected chi connectivity index (χ0v) is 27.0. The molecule has 0 aromatic heterocycles. The lowest BCUT2D eigenvalue weighted by molar-refractivity contribution is 0.249. The zero-order valence-electron chi connectivity index (χ0n) is 21.7. The molecule has 0 saturated heterocycles. The Kier molecular flexibility index (Phi) is 16.2. The lowest BCUT2D eigenvalue weighted by atomic mass is 10.1. The fourth-order valence-electron chi connectivity index (χ4n) is 3.50. The molecular weight excluding hydrogens is 461 g/mol. The van der Waals surface area contributed by atoms with Crippen molar-refractivity contribution >= 4 is 46.7 Å². The first-order valence-corrected chi connectivity index (χ1v) is 23.7. The quantitative estimate of drug-likeness (QED) is 0.177. The highest BCUT2D eigenvalue weighted by Crippen LogP contribution is 2.35. The molecule has 2 unspecified atom stereocenters. The van der Waals surface area contributed by atoms with Crippen LogP contribution in [0.4, 0.5) is 0 Å². The molecule has 0 radical (unpaired) electrons. The van der Waals surface area contributed by atoms with Gasteiger partial charge in [0.15, 0.2) is 27.1 Å². The van der Waals surface area contributed by atoms with E-state index in [9.17, 15) is 4.21 Å². The fraction of sp³-hybridized carbons (Fsp3) is 1.00. The largest absolute Gasteiger partial charge is 0.473 e. The molecule has 0 aliphatic carbocycles. The van der Waals surface area contributed by atoms with E-state index in [0.29, 0.717) is 5.75 Å². The average Bonchev–Trinajstić information content (AvgIpc) is 2.56. The SMILES string of the molecule is CCCCCCCCCC(CS(=O)C(C)(C)C)[Si](O[SiH](C)C)(O[SiH](C)C)O[SiH](C)C. The average molecular weight is 513 g/mol. The smallest absolute Gasteiger partial charge is 0.420 e. The summed E-state index contributed by atoms with van der Waals surface area (Å²) in [7, 11) is -7.85. The second-order valence-corrected chi connectivity index (χ2v) is 23.7. The summed E-state index contributed by atoms with van der Waals surface area (Å²) in [5.41, 5.74) is 0.160. The minimum atomic E-state index is -2.84. The third-order valence-corrected chi connectivity index (χ3v) is 18.4. The predicted octanol–water partition coefficient (Wildman–Crippen LogP) is 5.98. The summed E-state index contributed by atoms with van der Waals surface area (Å²) >= 11 is 0. The van der Waals surface area contributed by atoms with Crippen LogP contribution in [-0.4, -0.2) is 50.6 Å². The van der Waals surface area contributed by atoms with Crippen molar-refractivity contribution in [2.24, 2.45) is 0 Å². The standard InChI is InChI=1S/C21H52O4SSi4/c1-11-12-13-14-15-16-17-18-20(19-26(22)21(2,3)4)30(23-27(5)6,24-28(7)8)25-29(9)10/h20,27-29H,11-19H2,1-10H3. The molecule has 0 saturated carbocycles. The van der Waals surface area contributed by atoms with Crippen LogP contribution in [0, 0.1) is 0 Å². The van der Waals surface area contributed by atoms with Gasteiger partial charge in [-0.15, -0.1) is 0 Å². The fourth-order valence-corrected chi connectivity index (χ4v) is 18.7. The van der Waals surface area contributed by atoms with Crippen LogP contribution in [0.3, 0.4) is 0 Å². The monoisotopic (exact) mass is 512 g/mol. The van der Waals surface area contributed by atoms with Gasteiger partial charge in [-0.05, 0) is 66.5 Å². The van der Waals surface area contributed by atoms with E-state index in [4.69, 9.17) is 12.3 Å². The van der Waals surface area contributed by atoms with E-state index < -0.39 is 46.7 Å². The molecule has 0 aliphatic rings. The first-order valence-electron chi connectivity index (χ1n) is 12.3. The highest BCUT2D eigenvalue weighted by molar-refractivity contribution is 7.86. The zero-order chi connectivity index (χ0) is 23.4. The summed E-state index contributed by atoms with van der Waals surface area (Å²) in [4.78, 5) is 0. The molecule has 0 N–H and O–H groups in total. The highest BCUT2D eigenvalue weighted by atomic mass is 32.2. The molecule has 0 aliphatic heterocycles. The minimum absolute atomic E-state index is 0.160. The van der Waals surface area contributed by atoms with Crippen molar-refractivity contribution in [2.45, 2.75) is 129 Å². The Balaban J connectivity index is 5.56. The Morgan fingerprint density at radius 2 is 1.17 bits per heavy atom. The van der Waals surface area contributed by atoms with Crippen LogP contribution in [0.15, 0.2) is 0 Å². The Labute approximate surface area is 197 Å². The molecular formula is C21H52O4SSi4. The van der Waals surface area contributed by atoms with Crippen LogP contribution in [-0.2, 0) is 23.1 Å². The molecule has 0 spiro atoms. The van der Waals surface area contributed by atoms with Crippen molar-refractivity contribution in [2.75, 3.05) is 5.75 Å². The Morgan fingerprint density at radius 1 is 0.767 bits per heavy atom. The van der Waals surface area contributed by atoms with Gasteiger partial charge in [0.2, 0.25) is 0 Å². The van der Waals surface area contributed by atoms with Gasteiger partial charge in [0.25, 0.3) is 0 Å². The Hall–Kier alpha value is 0.898. The van der Waals surface area contributed by atoms with Gasteiger partial charge in [-0.1, -0.05) is 51.9 Å². The first kappa shape index (κ1) is 30.9. The normalized spacial score (nSPS) is 15.4. The number of rotatable bonds is 17. The first-order chi connectivity index (χ1) is 13.8. The van der Waals surface area contributed by atoms with E-state index in [1.807, 2.05) is 0 Å². The second kappa shape index (κ2) is 15.7. The van der Waals surface area contributed by atoms with Crippen LogP contribution in [0.2, 0.25) is 44.8 Å². The number of unbranched alkanes of at least 4 members (excludes halogenated alkanes) is 6. The van der Waals surface area contributed by atoms with E-state index >= 15 is 0 Å².